The molecule has 0 unspecified atom stereocenters. The molecule has 0 aromatic heterocycles. The van der Waals surface area contributed by atoms with Gasteiger partial charge in [0.05, 0.1) is 16.1 Å². The maximum absolute atomic E-state index is 11.7. The predicted molar refractivity (Wildman–Crippen MR) is 71.6 cm³/mol. The number of amides is 2. The zero-order valence-corrected chi connectivity index (χ0v) is 11.4. The van der Waals surface area contributed by atoms with Gasteiger partial charge in [-0.2, -0.15) is 0 Å². The molecule has 0 spiro atoms. The van der Waals surface area contributed by atoms with E-state index in [1.165, 1.54) is 0 Å². The van der Waals surface area contributed by atoms with Crippen LogP contribution >= 0.6 is 11.6 Å². The minimum absolute atomic E-state index is 0.315. The Labute approximate surface area is 111 Å². The van der Waals surface area contributed by atoms with E-state index in [-0.39, 0.29) is 5.91 Å². The van der Waals surface area contributed by atoms with Crippen LogP contribution in [0.25, 0.3) is 0 Å². The molecule has 0 saturated heterocycles. The highest BCUT2D eigenvalue weighted by atomic mass is 35.5. The first-order valence-corrected chi connectivity index (χ1v) is 6.23. The number of carbonyl (C=O) groups is 2. The standard InChI is InChI=1S/C13H15ClN2O2/c1-4-5-7-9(16(2)3)6-8-10(11(7)14)13(18)15-12(8)17/h6H,4-5H2,1-3H3,(H,15,17,18). The summed E-state index contributed by atoms with van der Waals surface area (Å²) in [7, 11) is 3.79. The van der Waals surface area contributed by atoms with E-state index in [9.17, 15) is 9.59 Å². The number of halogens is 1. The number of nitrogens with one attached hydrogen (secondary N) is 1. The average Bonchev–Trinajstić information content (AvgIpc) is 2.57. The molecule has 1 N–H and O–H groups in total. The molecule has 4 nitrogen and oxygen atoms in total. The fraction of sp³-hybridized carbons (Fsp3) is 0.385. The van der Waals surface area contributed by atoms with Crippen molar-refractivity contribution in [1.29, 1.82) is 0 Å². The maximum atomic E-state index is 11.7. The monoisotopic (exact) mass is 266 g/mol. The van der Waals surface area contributed by atoms with Gasteiger partial charge in [-0.25, -0.2) is 0 Å². The molecule has 1 heterocycles. The van der Waals surface area contributed by atoms with Crippen molar-refractivity contribution in [3.8, 4) is 0 Å². The topological polar surface area (TPSA) is 49.4 Å². The Morgan fingerprint density at radius 1 is 1.28 bits per heavy atom. The van der Waals surface area contributed by atoms with Gasteiger partial charge in [-0.1, -0.05) is 24.9 Å². The van der Waals surface area contributed by atoms with Gasteiger partial charge in [0.25, 0.3) is 11.8 Å². The van der Waals surface area contributed by atoms with Crippen LogP contribution in [0.2, 0.25) is 5.02 Å². The third-order valence-electron chi connectivity index (χ3n) is 3.02. The molecular formula is C13H15ClN2O2. The van der Waals surface area contributed by atoms with Gasteiger partial charge in [-0.15, -0.1) is 0 Å². The molecule has 0 atom stereocenters. The van der Waals surface area contributed by atoms with Gasteiger partial charge in [0.2, 0.25) is 0 Å². The lowest BCUT2D eigenvalue weighted by molar-refractivity contribution is 0.0879. The summed E-state index contributed by atoms with van der Waals surface area (Å²) in [4.78, 5) is 25.3. The molecule has 18 heavy (non-hydrogen) atoms. The van der Waals surface area contributed by atoms with Crippen LogP contribution in [0.15, 0.2) is 6.07 Å². The molecule has 0 radical (unpaired) electrons. The summed E-state index contributed by atoms with van der Waals surface area (Å²) in [6.07, 6.45) is 1.70. The van der Waals surface area contributed by atoms with Crippen LogP contribution < -0.4 is 10.2 Å². The molecule has 0 saturated carbocycles. The molecule has 1 aliphatic rings. The van der Waals surface area contributed by atoms with E-state index in [4.69, 9.17) is 11.6 Å². The van der Waals surface area contributed by atoms with Gasteiger partial charge in [0.15, 0.2) is 0 Å². The van der Waals surface area contributed by atoms with E-state index < -0.39 is 5.91 Å². The summed E-state index contributed by atoms with van der Waals surface area (Å²) in [5, 5.41) is 2.68. The lowest BCUT2D eigenvalue weighted by atomic mass is 9.99. The quantitative estimate of drug-likeness (QED) is 0.854. The number of carbonyl (C=O) groups excluding carboxylic acids is 2. The second-order valence-corrected chi connectivity index (χ2v) is 4.92. The number of hydrogen-bond acceptors (Lipinski definition) is 3. The fourth-order valence-electron chi connectivity index (χ4n) is 2.20. The van der Waals surface area contributed by atoms with Crippen LogP contribution in [0.5, 0.6) is 0 Å². The highest BCUT2D eigenvalue weighted by Crippen LogP contribution is 2.35. The number of rotatable bonds is 3. The summed E-state index contributed by atoms with van der Waals surface area (Å²) in [5.74, 6) is -0.772. The van der Waals surface area contributed by atoms with Gasteiger partial charge >= 0.3 is 0 Å². The van der Waals surface area contributed by atoms with Gasteiger partial charge in [-0.05, 0) is 18.1 Å². The largest absolute Gasteiger partial charge is 0.377 e. The number of fused-ring (bicyclic) bond motifs is 1. The molecule has 0 aliphatic carbocycles. The molecule has 2 rings (SSSR count). The Morgan fingerprint density at radius 2 is 1.94 bits per heavy atom. The van der Waals surface area contributed by atoms with E-state index in [2.05, 4.69) is 5.32 Å². The van der Waals surface area contributed by atoms with Crippen LogP contribution in [0.1, 0.15) is 39.6 Å². The summed E-state index contributed by atoms with van der Waals surface area (Å²) >= 11 is 6.30. The first-order valence-electron chi connectivity index (χ1n) is 5.85. The number of hydrogen-bond donors (Lipinski definition) is 1. The third kappa shape index (κ3) is 1.86. The molecule has 0 fully saturated rings. The van der Waals surface area contributed by atoms with Crippen molar-refractivity contribution >= 4 is 29.1 Å². The molecule has 2 amide bonds. The fourth-order valence-corrected chi connectivity index (χ4v) is 2.58. The second-order valence-electron chi connectivity index (χ2n) is 4.54. The normalized spacial score (nSPS) is 13.6. The van der Waals surface area contributed by atoms with Crippen molar-refractivity contribution in [3.05, 3.63) is 27.8 Å². The Bertz CT molecular complexity index is 538. The Kier molecular flexibility index (Phi) is 3.30. The number of benzene rings is 1. The number of imide groups is 1. The minimum atomic E-state index is -0.400. The Morgan fingerprint density at radius 3 is 2.50 bits per heavy atom. The third-order valence-corrected chi connectivity index (χ3v) is 3.44. The van der Waals surface area contributed by atoms with Crippen molar-refractivity contribution in [1.82, 2.24) is 5.32 Å². The summed E-state index contributed by atoms with van der Waals surface area (Å²) in [6, 6.07) is 1.74. The van der Waals surface area contributed by atoms with E-state index in [1.807, 2.05) is 25.9 Å². The van der Waals surface area contributed by atoms with Gasteiger partial charge in [-0.3, -0.25) is 14.9 Å². The Hall–Kier alpha value is -1.55. The van der Waals surface area contributed by atoms with Gasteiger partial charge < -0.3 is 4.90 Å². The van der Waals surface area contributed by atoms with Crippen LogP contribution in [0.4, 0.5) is 5.69 Å². The average molecular weight is 267 g/mol. The first kappa shape index (κ1) is 12.9. The van der Waals surface area contributed by atoms with Crippen molar-refractivity contribution in [2.24, 2.45) is 0 Å². The highest BCUT2D eigenvalue weighted by Gasteiger charge is 2.32. The van der Waals surface area contributed by atoms with E-state index >= 15 is 0 Å². The molecule has 0 bridgehead atoms. The molecule has 1 aromatic rings. The van der Waals surface area contributed by atoms with Crippen LogP contribution in [0, 0.1) is 0 Å². The summed E-state index contributed by atoms with van der Waals surface area (Å²) < 4.78 is 0. The van der Waals surface area contributed by atoms with Crippen molar-refractivity contribution < 1.29 is 9.59 Å². The zero-order chi connectivity index (χ0) is 13.4. The van der Waals surface area contributed by atoms with Gasteiger partial charge in [0.1, 0.15) is 0 Å². The molecular weight excluding hydrogens is 252 g/mol. The van der Waals surface area contributed by atoms with Crippen LogP contribution in [0.3, 0.4) is 0 Å². The molecule has 5 heteroatoms. The molecule has 1 aromatic carbocycles. The highest BCUT2D eigenvalue weighted by molar-refractivity contribution is 6.38. The van der Waals surface area contributed by atoms with Crippen LogP contribution in [-0.2, 0) is 6.42 Å². The van der Waals surface area contributed by atoms with E-state index in [0.29, 0.717) is 16.1 Å². The predicted octanol–water partition coefficient (Wildman–Crippen LogP) is 2.24. The Balaban J connectivity index is 2.71. The summed E-state index contributed by atoms with van der Waals surface area (Å²) in [5.41, 5.74) is 2.50. The van der Waals surface area contributed by atoms with Crippen molar-refractivity contribution in [2.45, 2.75) is 19.8 Å². The number of anilines is 1. The lowest BCUT2D eigenvalue weighted by Gasteiger charge is -2.20. The summed E-state index contributed by atoms with van der Waals surface area (Å²) in [6.45, 7) is 2.05. The SMILES string of the molecule is CCCc1c(N(C)C)cc2c(c1Cl)C(=O)NC2=O. The van der Waals surface area contributed by atoms with E-state index in [0.717, 1.165) is 24.1 Å². The molecule has 96 valence electrons. The van der Waals surface area contributed by atoms with Crippen molar-refractivity contribution in [2.75, 3.05) is 19.0 Å². The van der Waals surface area contributed by atoms with Gasteiger partial charge in [0, 0.05) is 19.8 Å². The molecule has 1 aliphatic heterocycles. The minimum Gasteiger partial charge on any atom is -0.377 e. The van der Waals surface area contributed by atoms with Crippen molar-refractivity contribution in [3.63, 3.8) is 0 Å². The first-order chi connectivity index (χ1) is 8.47. The smallest absolute Gasteiger partial charge is 0.260 e. The number of nitrogens with zero attached hydrogens (tertiary/aromatic N) is 1. The van der Waals surface area contributed by atoms with Crippen LogP contribution in [-0.4, -0.2) is 25.9 Å². The maximum Gasteiger partial charge on any atom is 0.260 e. The van der Waals surface area contributed by atoms with E-state index in [1.54, 1.807) is 6.07 Å². The lowest BCUT2D eigenvalue weighted by Crippen LogP contribution is -2.20. The zero-order valence-electron chi connectivity index (χ0n) is 10.6. The second kappa shape index (κ2) is 4.61.